The largest absolute Gasteiger partial charge is 0.365 e. The molecule has 174 valence electrons. The molecule has 1 saturated carbocycles. The zero-order valence-corrected chi connectivity index (χ0v) is 18.7. The Balaban J connectivity index is 1.60. The Hall–Kier alpha value is -3.05. The van der Waals surface area contributed by atoms with Gasteiger partial charge in [0.25, 0.3) is 15.9 Å². The van der Waals surface area contributed by atoms with Crippen molar-refractivity contribution in [3.63, 3.8) is 0 Å². The molecule has 2 aromatic heterocycles. The molecule has 5 rings (SSSR count). The monoisotopic (exact) mass is 475 g/mol. The van der Waals surface area contributed by atoms with E-state index in [1.165, 1.54) is 21.9 Å². The molecule has 0 spiro atoms. The van der Waals surface area contributed by atoms with Crippen LogP contribution in [0.2, 0.25) is 0 Å². The maximum absolute atomic E-state index is 14.5. The van der Waals surface area contributed by atoms with Crippen LogP contribution in [-0.2, 0) is 10.0 Å². The second-order valence-corrected chi connectivity index (χ2v) is 10.4. The smallest absolute Gasteiger partial charge is 0.263 e. The lowest BCUT2D eigenvalue weighted by atomic mass is 10.0. The van der Waals surface area contributed by atoms with Crippen molar-refractivity contribution < 1.29 is 22.0 Å². The highest BCUT2D eigenvalue weighted by molar-refractivity contribution is 7.89. The zero-order chi connectivity index (χ0) is 23.5. The van der Waals surface area contributed by atoms with Crippen LogP contribution in [0.3, 0.4) is 0 Å². The van der Waals surface area contributed by atoms with Gasteiger partial charge in [0.15, 0.2) is 0 Å². The van der Waals surface area contributed by atoms with E-state index in [0.29, 0.717) is 18.7 Å². The average molecular weight is 476 g/mol. The molecule has 1 aliphatic heterocycles. The molecule has 11 heteroatoms. The average Bonchev–Trinajstić information content (AvgIpc) is 3.37. The van der Waals surface area contributed by atoms with Crippen LogP contribution >= 0.6 is 0 Å². The van der Waals surface area contributed by atoms with Crippen molar-refractivity contribution in [3.05, 3.63) is 59.3 Å². The molecule has 0 radical (unpaired) electrons. The van der Waals surface area contributed by atoms with Crippen LogP contribution in [-0.4, -0.2) is 47.9 Å². The number of anilines is 1. The van der Waals surface area contributed by atoms with Crippen LogP contribution in [0.25, 0.3) is 5.52 Å². The molecule has 2 aliphatic rings. The topological polar surface area (TPSA) is 101 Å². The molecule has 1 atom stereocenters. The molecule has 0 bridgehead atoms. The highest BCUT2D eigenvalue weighted by Gasteiger charge is 2.39. The molecule has 1 amide bonds. The number of hydrogen-bond donors (Lipinski definition) is 1. The van der Waals surface area contributed by atoms with Crippen molar-refractivity contribution in [2.45, 2.75) is 42.8 Å². The summed E-state index contributed by atoms with van der Waals surface area (Å²) in [7, 11) is -2.55. The Morgan fingerprint density at radius 2 is 1.94 bits per heavy atom. The third-order valence-electron chi connectivity index (χ3n) is 6.42. The van der Waals surface area contributed by atoms with Gasteiger partial charge in [-0.05, 0) is 56.0 Å². The summed E-state index contributed by atoms with van der Waals surface area (Å²) in [4.78, 5) is 14.2. The van der Waals surface area contributed by atoms with Gasteiger partial charge in [-0.15, -0.1) is 0 Å². The van der Waals surface area contributed by atoms with E-state index in [-0.39, 0.29) is 27.7 Å². The molecule has 2 N–H and O–H groups in total. The standard InChI is InChI=1S/C22H23F2N5O3S/c1-27(14-5-6-14)33(31,32)22-20(21(25)30)19-12-15(8-10-29(19)26-22)28-9-2-3-18(28)16-11-13(23)4-7-17(16)24/h4,7-8,10-12,14,18H,2-3,5-6,9H2,1H3,(H2,25,30). The summed E-state index contributed by atoms with van der Waals surface area (Å²) in [5.41, 5.74) is 6.54. The van der Waals surface area contributed by atoms with Crippen molar-refractivity contribution in [1.29, 1.82) is 0 Å². The van der Waals surface area contributed by atoms with Crippen molar-refractivity contribution in [2.24, 2.45) is 5.73 Å². The Morgan fingerprint density at radius 1 is 1.18 bits per heavy atom. The number of rotatable bonds is 6. The highest BCUT2D eigenvalue weighted by atomic mass is 32.2. The van der Waals surface area contributed by atoms with Gasteiger partial charge in [0.05, 0.1) is 11.6 Å². The zero-order valence-electron chi connectivity index (χ0n) is 17.9. The van der Waals surface area contributed by atoms with Crippen LogP contribution in [0, 0.1) is 11.6 Å². The first-order valence-corrected chi connectivity index (χ1v) is 12.1. The van der Waals surface area contributed by atoms with Gasteiger partial charge in [-0.2, -0.15) is 9.40 Å². The lowest BCUT2D eigenvalue weighted by molar-refractivity contribution is 0.0998. The van der Waals surface area contributed by atoms with E-state index < -0.39 is 33.6 Å². The molecular weight excluding hydrogens is 452 g/mol. The SMILES string of the molecule is CN(C1CC1)S(=O)(=O)c1nn2ccc(N3CCCC3c3cc(F)ccc3F)cc2c1C(N)=O. The predicted octanol–water partition coefficient (Wildman–Crippen LogP) is 2.84. The number of aromatic nitrogens is 2. The van der Waals surface area contributed by atoms with E-state index in [4.69, 9.17) is 5.73 Å². The molecule has 3 aromatic rings. The Kier molecular flexibility index (Phi) is 5.13. The molecule has 1 aromatic carbocycles. The number of carbonyl (C=O) groups is 1. The molecule has 8 nitrogen and oxygen atoms in total. The summed E-state index contributed by atoms with van der Waals surface area (Å²) in [6.07, 6.45) is 4.45. The van der Waals surface area contributed by atoms with Crippen LogP contribution in [0.1, 0.15) is 47.6 Å². The minimum absolute atomic E-state index is 0.109. The van der Waals surface area contributed by atoms with E-state index in [0.717, 1.165) is 31.4 Å². The normalized spacial score (nSPS) is 19.0. The molecule has 2 fully saturated rings. The molecule has 3 heterocycles. The summed E-state index contributed by atoms with van der Waals surface area (Å²) < 4.78 is 57.0. The molecular formula is C22H23F2N5O3S. The van der Waals surface area contributed by atoms with E-state index in [1.807, 2.05) is 4.90 Å². The summed E-state index contributed by atoms with van der Waals surface area (Å²) in [6, 6.07) is 6.22. The van der Waals surface area contributed by atoms with Gasteiger partial charge in [-0.3, -0.25) is 4.79 Å². The number of nitrogens with zero attached hydrogens (tertiary/aromatic N) is 4. The maximum atomic E-state index is 14.5. The van der Waals surface area contributed by atoms with Gasteiger partial charge < -0.3 is 10.6 Å². The summed E-state index contributed by atoms with van der Waals surface area (Å²) >= 11 is 0. The predicted molar refractivity (Wildman–Crippen MR) is 117 cm³/mol. The van der Waals surface area contributed by atoms with Crippen LogP contribution in [0.4, 0.5) is 14.5 Å². The fourth-order valence-corrected chi connectivity index (χ4v) is 6.07. The number of sulfonamides is 1. The first kappa shape index (κ1) is 21.8. The van der Waals surface area contributed by atoms with Crippen LogP contribution in [0.5, 0.6) is 0 Å². The molecule has 33 heavy (non-hydrogen) atoms. The number of pyridine rings is 1. The summed E-state index contributed by atoms with van der Waals surface area (Å²) in [5.74, 6) is -1.91. The summed E-state index contributed by atoms with van der Waals surface area (Å²) in [5, 5.41) is 3.79. The van der Waals surface area contributed by atoms with Gasteiger partial charge >= 0.3 is 0 Å². The number of fused-ring (bicyclic) bond motifs is 1. The first-order valence-electron chi connectivity index (χ1n) is 10.7. The highest BCUT2D eigenvalue weighted by Crippen LogP contribution is 2.39. The minimum Gasteiger partial charge on any atom is -0.365 e. The second kappa shape index (κ2) is 7.77. The second-order valence-electron chi connectivity index (χ2n) is 8.53. The van der Waals surface area contributed by atoms with E-state index in [9.17, 15) is 22.0 Å². The fourth-order valence-electron chi connectivity index (χ4n) is 4.54. The molecule has 1 aliphatic carbocycles. The van der Waals surface area contributed by atoms with Gasteiger partial charge in [0, 0.05) is 37.1 Å². The number of primary amides is 1. The Bertz CT molecular complexity index is 1370. The lowest BCUT2D eigenvalue weighted by Gasteiger charge is -2.27. The van der Waals surface area contributed by atoms with Crippen LogP contribution < -0.4 is 10.6 Å². The van der Waals surface area contributed by atoms with Gasteiger partial charge in [-0.1, -0.05) is 0 Å². The fraction of sp³-hybridized carbons (Fsp3) is 0.364. The number of halogens is 2. The summed E-state index contributed by atoms with van der Waals surface area (Å²) in [6.45, 7) is 0.590. The van der Waals surface area contributed by atoms with Gasteiger partial charge in [0.1, 0.15) is 17.2 Å². The van der Waals surface area contributed by atoms with Crippen molar-refractivity contribution in [3.8, 4) is 0 Å². The quantitative estimate of drug-likeness (QED) is 0.591. The number of amides is 1. The number of carbonyl (C=O) groups excluding carboxylic acids is 1. The third-order valence-corrected chi connectivity index (χ3v) is 8.25. The maximum Gasteiger partial charge on any atom is 0.263 e. The van der Waals surface area contributed by atoms with Crippen molar-refractivity contribution in [1.82, 2.24) is 13.9 Å². The lowest BCUT2D eigenvalue weighted by Crippen LogP contribution is -2.31. The van der Waals surface area contributed by atoms with Crippen molar-refractivity contribution in [2.75, 3.05) is 18.5 Å². The van der Waals surface area contributed by atoms with E-state index in [2.05, 4.69) is 5.10 Å². The number of nitrogens with two attached hydrogens (primary N) is 1. The molecule has 1 unspecified atom stereocenters. The van der Waals surface area contributed by atoms with Gasteiger partial charge in [0.2, 0.25) is 5.03 Å². The minimum atomic E-state index is -4.01. The molecule has 1 saturated heterocycles. The van der Waals surface area contributed by atoms with E-state index in [1.54, 1.807) is 18.3 Å². The number of benzene rings is 1. The van der Waals surface area contributed by atoms with Gasteiger partial charge in [-0.25, -0.2) is 21.7 Å². The number of hydrogen-bond acceptors (Lipinski definition) is 5. The first-order chi connectivity index (χ1) is 15.7. The van der Waals surface area contributed by atoms with Crippen LogP contribution in [0.15, 0.2) is 41.6 Å². The Labute approximate surface area is 189 Å². The third kappa shape index (κ3) is 3.65. The van der Waals surface area contributed by atoms with Crippen molar-refractivity contribution >= 4 is 27.1 Å². The van der Waals surface area contributed by atoms with E-state index >= 15 is 0 Å². The Morgan fingerprint density at radius 3 is 2.64 bits per heavy atom.